The molecule has 2 amide bonds. The summed E-state index contributed by atoms with van der Waals surface area (Å²) in [5.41, 5.74) is -0.559. The van der Waals surface area contributed by atoms with Gasteiger partial charge in [-0.3, -0.25) is 0 Å². The molecule has 188 valence electrons. The highest BCUT2D eigenvalue weighted by Gasteiger charge is 2.48. The minimum Gasteiger partial charge on any atom is -0.376 e. The van der Waals surface area contributed by atoms with Gasteiger partial charge in [0, 0.05) is 6.42 Å². The summed E-state index contributed by atoms with van der Waals surface area (Å²) >= 11 is 0. The molecule has 2 N–H and O–H groups in total. The number of urea groups is 1. The van der Waals surface area contributed by atoms with Gasteiger partial charge in [0.1, 0.15) is 5.82 Å². The molecule has 12 heteroatoms. The minimum absolute atomic E-state index is 0.0688. The molecular weight excluding hydrogens is 463 g/mol. The molecule has 7 nitrogen and oxygen atoms in total. The molecule has 1 saturated carbocycles. The van der Waals surface area contributed by atoms with Crippen LogP contribution in [0.15, 0.2) is 18.2 Å². The SMILES string of the molecule is CC(C)(OCCc1nc2ccc([C@@H](COC3CC3)N3CC(F)(F)CNC3=O)cc2[nH]1)C(F)(F)F. The van der Waals surface area contributed by atoms with Crippen LogP contribution in [0, 0.1) is 0 Å². The van der Waals surface area contributed by atoms with Gasteiger partial charge in [-0.15, -0.1) is 0 Å². The average molecular weight is 490 g/mol. The lowest BCUT2D eigenvalue weighted by molar-refractivity contribution is -0.263. The topological polar surface area (TPSA) is 79.5 Å². The summed E-state index contributed by atoms with van der Waals surface area (Å²) < 4.78 is 77.7. The summed E-state index contributed by atoms with van der Waals surface area (Å²) in [5, 5.41) is 2.23. The molecule has 0 bridgehead atoms. The van der Waals surface area contributed by atoms with Crippen molar-refractivity contribution in [2.24, 2.45) is 0 Å². The zero-order chi connectivity index (χ0) is 24.7. The van der Waals surface area contributed by atoms with Crippen LogP contribution in [0.3, 0.4) is 0 Å². The van der Waals surface area contributed by atoms with Gasteiger partial charge in [0.15, 0.2) is 5.60 Å². The largest absolute Gasteiger partial charge is 0.416 e. The van der Waals surface area contributed by atoms with E-state index < -0.39 is 42.9 Å². The molecule has 1 saturated heterocycles. The average Bonchev–Trinajstić information content (AvgIpc) is 3.47. The molecule has 2 aliphatic rings. The normalized spacial score (nSPS) is 20.0. The van der Waals surface area contributed by atoms with E-state index in [1.165, 1.54) is 0 Å². The molecule has 1 aromatic heterocycles. The standard InChI is InChI=1S/C22H27F5N4O3/c1-20(2,22(25,26)27)34-8-7-18-29-15-6-3-13(9-16(15)30-18)17(10-33-14-4-5-14)31-12-21(23,24)11-28-19(31)32/h3,6,9,14,17H,4-5,7-8,10-12H2,1-2H3,(H,28,32)(H,29,30)/t17-/m1/s1. The highest BCUT2D eigenvalue weighted by atomic mass is 19.4. The van der Waals surface area contributed by atoms with Crippen LogP contribution < -0.4 is 5.32 Å². The summed E-state index contributed by atoms with van der Waals surface area (Å²) in [4.78, 5) is 20.9. The van der Waals surface area contributed by atoms with Crippen molar-refractivity contribution in [1.29, 1.82) is 0 Å². The Labute approximate surface area is 193 Å². The highest BCUT2D eigenvalue weighted by molar-refractivity contribution is 5.78. The van der Waals surface area contributed by atoms with Crippen LogP contribution in [0.2, 0.25) is 0 Å². The molecule has 2 fully saturated rings. The smallest absolute Gasteiger partial charge is 0.376 e. The van der Waals surface area contributed by atoms with Gasteiger partial charge < -0.3 is 24.7 Å². The Bertz CT molecular complexity index is 1040. The number of H-pyrrole nitrogens is 1. The number of ether oxygens (including phenoxy) is 2. The quantitative estimate of drug-likeness (QED) is 0.513. The molecule has 34 heavy (non-hydrogen) atoms. The first-order valence-electron chi connectivity index (χ1n) is 11.1. The monoisotopic (exact) mass is 490 g/mol. The van der Waals surface area contributed by atoms with Crippen molar-refractivity contribution in [1.82, 2.24) is 20.2 Å². The maximum atomic E-state index is 14.1. The van der Waals surface area contributed by atoms with E-state index in [1.807, 2.05) is 0 Å². The Morgan fingerprint density at radius 1 is 1.26 bits per heavy atom. The molecule has 2 aromatic rings. The number of hydrogen-bond acceptors (Lipinski definition) is 4. The molecule has 1 aromatic carbocycles. The van der Waals surface area contributed by atoms with E-state index in [2.05, 4.69) is 15.3 Å². The van der Waals surface area contributed by atoms with Crippen LogP contribution >= 0.6 is 0 Å². The Kier molecular flexibility index (Phi) is 6.49. The first kappa shape index (κ1) is 24.6. The second-order valence-electron chi connectivity index (χ2n) is 9.26. The number of halogens is 5. The number of imidazole rings is 1. The second-order valence-corrected chi connectivity index (χ2v) is 9.26. The zero-order valence-electron chi connectivity index (χ0n) is 18.8. The van der Waals surface area contributed by atoms with E-state index in [-0.39, 0.29) is 25.7 Å². The lowest BCUT2D eigenvalue weighted by Crippen LogP contribution is -2.58. The number of hydrogen-bond donors (Lipinski definition) is 2. The van der Waals surface area contributed by atoms with E-state index in [0.29, 0.717) is 22.4 Å². The van der Waals surface area contributed by atoms with Crippen molar-refractivity contribution in [2.75, 3.05) is 26.3 Å². The van der Waals surface area contributed by atoms with Crippen LogP contribution in [0.1, 0.15) is 44.1 Å². The number of carbonyl (C=O) groups is 1. The summed E-state index contributed by atoms with van der Waals surface area (Å²) in [6.45, 7) is 0.357. The van der Waals surface area contributed by atoms with Gasteiger partial charge in [0.05, 0.1) is 49.5 Å². The van der Waals surface area contributed by atoms with Gasteiger partial charge in [-0.25, -0.2) is 18.6 Å². The fraction of sp³-hybridized carbons (Fsp3) is 0.636. The third-order valence-corrected chi connectivity index (χ3v) is 5.98. The molecule has 0 unspecified atom stereocenters. The third kappa shape index (κ3) is 5.60. The summed E-state index contributed by atoms with van der Waals surface area (Å²) in [6, 6.07) is 3.74. The van der Waals surface area contributed by atoms with Crippen molar-refractivity contribution in [2.45, 2.75) is 63.0 Å². The molecule has 1 aliphatic heterocycles. The molecule has 1 aliphatic carbocycles. The maximum absolute atomic E-state index is 14.1. The van der Waals surface area contributed by atoms with Crippen LogP contribution in [-0.4, -0.2) is 71.0 Å². The van der Waals surface area contributed by atoms with E-state index >= 15 is 0 Å². The van der Waals surface area contributed by atoms with Crippen molar-refractivity contribution < 1.29 is 36.2 Å². The Morgan fingerprint density at radius 2 is 2.00 bits per heavy atom. The number of carbonyl (C=O) groups excluding carboxylic acids is 1. The molecule has 0 radical (unpaired) electrons. The van der Waals surface area contributed by atoms with Gasteiger partial charge in [-0.2, -0.15) is 13.2 Å². The van der Waals surface area contributed by atoms with E-state index in [0.717, 1.165) is 31.6 Å². The number of amides is 2. The molecular formula is C22H27F5N4O3. The molecule has 0 spiro atoms. The van der Waals surface area contributed by atoms with E-state index in [9.17, 15) is 26.7 Å². The Morgan fingerprint density at radius 3 is 2.68 bits per heavy atom. The first-order chi connectivity index (χ1) is 15.8. The van der Waals surface area contributed by atoms with E-state index in [4.69, 9.17) is 9.47 Å². The zero-order valence-corrected chi connectivity index (χ0v) is 18.8. The fourth-order valence-electron chi connectivity index (χ4n) is 3.65. The number of aromatic nitrogens is 2. The summed E-state index contributed by atoms with van der Waals surface area (Å²) in [5.74, 6) is -2.64. The predicted octanol–water partition coefficient (Wildman–Crippen LogP) is 4.34. The predicted molar refractivity (Wildman–Crippen MR) is 113 cm³/mol. The maximum Gasteiger partial charge on any atom is 0.416 e. The fourth-order valence-corrected chi connectivity index (χ4v) is 3.65. The lowest BCUT2D eigenvalue weighted by atomic mass is 10.0. The first-order valence-corrected chi connectivity index (χ1v) is 11.1. The number of alkyl halides is 5. The van der Waals surface area contributed by atoms with E-state index in [1.54, 1.807) is 18.2 Å². The van der Waals surface area contributed by atoms with Gasteiger partial charge >= 0.3 is 12.2 Å². The van der Waals surface area contributed by atoms with Gasteiger partial charge in [0.25, 0.3) is 5.92 Å². The summed E-state index contributed by atoms with van der Waals surface area (Å²) in [7, 11) is 0. The number of aromatic amines is 1. The number of rotatable bonds is 9. The van der Waals surface area contributed by atoms with Crippen LogP contribution in [0.4, 0.5) is 26.7 Å². The van der Waals surface area contributed by atoms with Gasteiger partial charge in [-0.05, 0) is 44.4 Å². The highest BCUT2D eigenvalue weighted by Crippen LogP contribution is 2.34. The van der Waals surface area contributed by atoms with Crippen LogP contribution in [0.25, 0.3) is 11.0 Å². The lowest BCUT2D eigenvalue weighted by Gasteiger charge is -2.38. The Hall–Kier alpha value is -2.47. The minimum atomic E-state index is -4.50. The van der Waals surface area contributed by atoms with Crippen LogP contribution in [0.5, 0.6) is 0 Å². The van der Waals surface area contributed by atoms with Crippen molar-refractivity contribution in [3.05, 3.63) is 29.6 Å². The second kappa shape index (κ2) is 8.95. The van der Waals surface area contributed by atoms with Crippen LogP contribution in [-0.2, 0) is 15.9 Å². The van der Waals surface area contributed by atoms with Crippen molar-refractivity contribution in [3.63, 3.8) is 0 Å². The number of nitrogens with one attached hydrogen (secondary N) is 2. The molecule has 2 heterocycles. The third-order valence-electron chi connectivity index (χ3n) is 5.98. The van der Waals surface area contributed by atoms with Crippen molar-refractivity contribution in [3.8, 4) is 0 Å². The molecule has 4 rings (SSSR count). The van der Waals surface area contributed by atoms with Crippen molar-refractivity contribution >= 4 is 17.1 Å². The number of nitrogens with zero attached hydrogens (tertiary/aromatic N) is 2. The number of fused-ring (bicyclic) bond motifs is 1. The molecule has 1 atom stereocenters. The summed E-state index contributed by atoms with van der Waals surface area (Å²) in [6.07, 6.45) is -2.51. The Balaban J connectivity index is 1.51. The number of benzene rings is 1. The van der Waals surface area contributed by atoms with Gasteiger partial charge in [-0.1, -0.05) is 6.07 Å². The van der Waals surface area contributed by atoms with Gasteiger partial charge in [0.2, 0.25) is 0 Å².